The predicted molar refractivity (Wildman–Crippen MR) is 122 cm³/mol. The normalized spacial score (nSPS) is 13.3. The zero-order chi connectivity index (χ0) is 21.7. The van der Waals surface area contributed by atoms with Gasteiger partial charge >= 0.3 is 0 Å². The van der Waals surface area contributed by atoms with E-state index in [-0.39, 0.29) is 17.8 Å². The Labute approximate surface area is 176 Å². The highest BCUT2D eigenvalue weighted by Gasteiger charge is 2.23. The number of nitrogens with zero attached hydrogens (tertiary/aromatic N) is 1. The predicted octanol–water partition coefficient (Wildman–Crippen LogP) is 2.62. The fourth-order valence-electron chi connectivity index (χ4n) is 3.52. The lowest BCUT2D eigenvalue weighted by Gasteiger charge is -2.26. The summed E-state index contributed by atoms with van der Waals surface area (Å²) in [6, 6.07) is 17.3. The maximum atomic E-state index is 12.1. The van der Waals surface area contributed by atoms with Crippen molar-refractivity contribution in [3.8, 4) is 5.75 Å². The highest BCUT2D eigenvalue weighted by atomic mass is 16.3. The van der Waals surface area contributed by atoms with E-state index >= 15 is 0 Å². The van der Waals surface area contributed by atoms with Gasteiger partial charge in [-0.3, -0.25) is 9.59 Å². The van der Waals surface area contributed by atoms with Crippen LogP contribution in [0.2, 0.25) is 0 Å². The molecule has 0 aliphatic heterocycles. The summed E-state index contributed by atoms with van der Waals surface area (Å²) in [7, 11) is 3.96. The lowest BCUT2D eigenvalue weighted by Crippen LogP contribution is -2.43. The van der Waals surface area contributed by atoms with E-state index in [4.69, 9.17) is 0 Å². The number of anilines is 2. The molecule has 30 heavy (non-hydrogen) atoms. The lowest BCUT2D eigenvalue weighted by atomic mass is 10.0. The van der Waals surface area contributed by atoms with Gasteiger partial charge in [0.25, 0.3) is 10.9 Å². The van der Waals surface area contributed by atoms with Crippen molar-refractivity contribution in [2.45, 2.75) is 31.8 Å². The molecule has 0 bridgehead atoms. The maximum Gasteiger partial charge on any atom is 0.253 e. The van der Waals surface area contributed by atoms with Crippen molar-refractivity contribution in [2.75, 3.05) is 31.3 Å². The van der Waals surface area contributed by atoms with E-state index in [1.165, 1.54) is 5.56 Å². The number of benzene rings is 2. The minimum Gasteiger partial charge on any atom is -0.508 e. The molecular formula is C24H29N3O3. The van der Waals surface area contributed by atoms with Crippen LogP contribution < -0.4 is 21.5 Å². The van der Waals surface area contributed by atoms with Crippen LogP contribution in [-0.2, 0) is 12.8 Å². The third-order valence-electron chi connectivity index (χ3n) is 5.34. The third kappa shape index (κ3) is 5.27. The molecular weight excluding hydrogens is 378 g/mol. The molecule has 0 unspecified atom stereocenters. The molecule has 0 heterocycles. The molecule has 0 spiro atoms. The Balaban J connectivity index is 1.63. The molecule has 0 fully saturated rings. The van der Waals surface area contributed by atoms with Gasteiger partial charge in [0.05, 0.1) is 0 Å². The molecule has 2 atom stereocenters. The summed E-state index contributed by atoms with van der Waals surface area (Å²) < 4.78 is 0. The van der Waals surface area contributed by atoms with Crippen molar-refractivity contribution in [3.63, 3.8) is 0 Å². The van der Waals surface area contributed by atoms with Crippen LogP contribution in [0, 0.1) is 0 Å². The highest BCUT2D eigenvalue weighted by Crippen LogP contribution is 2.18. The topological polar surface area (TPSA) is 81.7 Å². The van der Waals surface area contributed by atoms with Gasteiger partial charge in [-0.2, -0.15) is 0 Å². The molecule has 0 aliphatic carbocycles. The van der Waals surface area contributed by atoms with Crippen molar-refractivity contribution in [2.24, 2.45) is 0 Å². The number of aromatic hydroxyl groups is 1. The summed E-state index contributed by atoms with van der Waals surface area (Å²) in [6.07, 6.45) is 1.52. The summed E-state index contributed by atoms with van der Waals surface area (Å²) in [6.45, 7) is 2.53. The van der Waals surface area contributed by atoms with Crippen molar-refractivity contribution in [1.82, 2.24) is 4.90 Å². The second-order valence-electron chi connectivity index (χ2n) is 8.01. The van der Waals surface area contributed by atoms with Crippen LogP contribution in [-0.4, -0.2) is 42.7 Å². The van der Waals surface area contributed by atoms with Crippen LogP contribution in [0.25, 0.3) is 0 Å². The van der Waals surface area contributed by atoms with Crippen molar-refractivity contribution in [3.05, 3.63) is 86.2 Å². The standard InChI is InChI=1S/C24H29N3O3/c1-16(13-17-7-5-4-6-8-17)26-22-21(23(29)24(22)30)25-15-19(27(2)3)14-18-9-11-20(28)12-10-18/h4-12,16,19,25-26,28H,13-15H2,1-3H3/t16-,19+/m1/s1. The van der Waals surface area contributed by atoms with Crippen molar-refractivity contribution in [1.29, 1.82) is 0 Å². The molecule has 3 rings (SSSR count). The van der Waals surface area contributed by atoms with E-state index in [0.29, 0.717) is 17.9 Å². The van der Waals surface area contributed by atoms with Crippen LogP contribution in [0.1, 0.15) is 18.1 Å². The fourth-order valence-corrected chi connectivity index (χ4v) is 3.52. The molecule has 0 saturated heterocycles. The molecule has 0 radical (unpaired) electrons. The van der Waals surface area contributed by atoms with Gasteiger partial charge in [0.2, 0.25) is 0 Å². The van der Waals surface area contributed by atoms with E-state index in [2.05, 4.69) is 15.5 Å². The summed E-state index contributed by atoms with van der Waals surface area (Å²) >= 11 is 0. The average molecular weight is 408 g/mol. The van der Waals surface area contributed by atoms with Crippen LogP contribution in [0.5, 0.6) is 5.75 Å². The number of hydrogen-bond acceptors (Lipinski definition) is 6. The van der Waals surface area contributed by atoms with Crippen LogP contribution in [0.3, 0.4) is 0 Å². The number of phenolic OH excluding ortho intramolecular Hbond substituents is 1. The number of rotatable bonds is 10. The van der Waals surface area contributed by atoms with E-state index in [0.717, 1.165) is 18.4 Å². The second-order valence-corrected chi connectivity index (χ2v) is 8.01. The highest BCUT2D eigenvalue weighted by molar-refractivity contribution is 5.74. The molecule has 0 amide bonds. The van der Waals surface area contributed by atoms with Gasteiger partial charge in [-0.15, -0.1) is 0 Å². The summed E-state index contributed by atoms with van der Waals surface area (Å²) in [5, 5.41) is 15.9. The van der Waals surface area contributed by atoms with E-state index in [1.807, 2.05) is 63.5 Å². The zero-order valence-electron chi connectivity index (χ0n) is 17.7. The molecule has 158 valence electrons. The molecule has 3 aromatic rings. The molecule has 0 aromatic heterocycles. The summed E-state index contributed by atoms with van der Waals surface area (Å²) in [5.74, 6) is 0.238. The van der Waals surface area contributed by atoms with Gasteiger partial charge in [0.15, 0.2) is 0 Å². The van der Waals surface area contributed by atoms with Gasteiger partial charge in [0.1, 0.15) is 17.1 Å². The lowest BCUT2D eigenvalue weighted by molar-refractivity contribution is 0.303. The summed E-state index contributed by atoms with van der Waals surface area (Å²) in [5.41, 5.74) is 2.09. The summed E-state index contributed by atoms with van der Waals surface area (Å²) in [4.78, 5) is 26.3. The monoisotopic (exact) mass is 407 g/mol. The minimum absolute atomic E-state index is 0.0258. The van der Waals surface area contributed by atoms with Gasteiger partial charge in [0, 0.05) is 18.6 Å². The molecule has 3 N–H and O–H groups in total. The minimum atomic E-state index is -0.466. The molecule has 6 heteroatoms. The van der Waals surface area contributed by atoms with Crippen molar-refractivity contribution < 1.29 is 5.11 Å². The van der Waals surface area contributed by atoms with E-state index < -0.39 is 10.9 Å². The Morgan fingerprint density at radius 1 is 0.867 bits per heavy atom. The number of hydrogen-bond donors (Lipinski definition) is 3. The Kier molecular flexibility index (Phi) is 6.90. The van der Waals surface area contributed by atoms with Gasteiger partial charge in [-0.1, -0.05) is 42.5 Å². The largest absolute Gasteiger partial charge is 0.508 e. The fraction of sp³-hybridized carbons (Fsp3) is 0.333. The van der Waals surface area contributed by atoms with E-state index in [9.17, 15) is 14.7 Å². The number of likely N-dealkylation sites (N-methyl/N-ethyl adjacent to an activating group) is 1. The molecule has 3 aromatic carbocycles. The van der Waals surface area contributed by atoms with E-state index in [1.54, 1.807) is 12.1 Å². The first-order valence-electron chi connectivity index (χ1n) is 10.2. The van der Waals surface area contributed by atoms with Crippen LogP contribution in [0.15, 0.2) is 64.2 Å². The number of phenols is 1. The molecule has 0 saturated carbocycles. The van der Waals surface area contributed by atoms with Crippen LogP contribution in [0.4, 0.5) is 11.4 Å². The smallest absolute Gasteiger partial charge is 0.253 e. The Bertz CT molecular complexity index is 1020. The first-order chi connectivity index (χ1) is 14.3. The van der Waals surface area contributed by atoms with Gasteiger partial charge in [-0.05, 0) is 57.1 Å². The molecule has 6 nitrogen and oxygen atoms in total. The Morgan fingerprint density at radius 2 is 1.47 bits per heavy atom. The number of nitrogens with one attached hydrogen (secondary N) is 2. The Hall–Kier alpha value is -3.12. The quantitative estimate of drug-likeness (QED) is 0.448. The SMILES string of the molecule is C[C@H](Cc1ccccc1)Nc1c(NC[C@H](Cc2ccc(O)cc2)N(C)C)c(=O)c1=O. The zero-order valence-corrected chi connectivity index (χ0v) is 17.7. The first-order valence-corrected chi connectivity index (χ1v) is 10.2. The van der Waals surface area contributed by atoms with Gasteiger partial charge < -0.3 is 20.6 Å². The maximum absolute atomic E-state index is 12.1. The average Bonchev–Trinajstić information content (AvgIpc) is 2.73. The second kappa shape index (κ2) is 9.59. The molecule has 0 aliphatic rings. The van der Waals surface area contributed by atoms with Crippen LogP contribution >= 0.6 is 0 Å². The Morgan fingerprint density at radius 3 is 2.10 bits per heavy atom. The third-order valence-corrected chi connectivity index (χ3v) is 5.34. The van der Waals surface area contributed by atoms with Crippen molar-refractivity contribution >= 4 is 11.4 Å². The first kappa shape index (κ1) is 21.6. The van der Waals surface area contributed by atoms with Gasteiger partial charge in [-0.25, -0.2) is 0 Å².